The highest BCUT2D eigenvalue weighted by Gasteiger charge is 2.01. The fraction of sp³-hybridized carbons (Fsp3) is 0.353. The molecule has 2 aromatic rings. The Hall–Kier alpha value is -2.43. The molecule has 0 radical (unpaired) electrons. The van der Waals surface area contributed by atoms with Crippen LogP contribution in [-0.4, -0.2) is 26.2 Å². The van der Waals surface area contributed by atoms with Crippen molar-refractivity contribution in [1.82, 2.24) is 10.6 Å². The summed E-state index contributed by atoms with van der Waals surface area (Å²) in [7, 11) is 1.76. The number of guanidine groups is 1. The summed E-state index contributed by atoms with van der Waals surface area (Å²) in [5, 5.41) is 6.50. The van der Waals surface area contributed by atoms with Gasteiger partial charge in [0.1, 0.15) is 11.5 Å². The quantitative estimate of drug-likeness (QED) is 0.609. The molecule has 0 saturated carbocycles. The SMILES string of the molecule is CCOc1cccc(CCNC(=NC)NCc2ccco2)c1. The molecule has 1 aromatic carbocycles. The molecule has 0 bridgehead atoms. The highest BCUT2D eigenvalue weighted by atomic mass is 16.5. The normalized spacial score (nSPS) is 11.3. The van der Waals surface area contributed by atoms with Crippen LogP contribution in [0.3, 0.4) is 0 Å². The van der Waals surface area contributed by atoms with Gasteiger partial charge < -0.3 is 19.8 Å². The van der Waals surface area contributed by atoms with Crippen LogP contribution in [0.15, 0.2) is 52.1 Å². The van der Waals surface area contributed by atoms with E-state index in [1.54, 1.807) is 13.3 Å². The summed E-state index contributed by atoms with van der Waals surface area (Å²) < 4.78 is 10.8. The Balaban J connectivity index is 1.75. The second-order valence-electron chi connectivity index (χ2n) is 4.76. The third-order valence-electron chi connectivity index (χ3n) is 3.15. The van der Waals surface area contributed by atoms with E-state index in [2.05, 4.69) is 27.8 Å². The van der Waals surface area contributed by atoms with Crippen molar-refractivity contribution in [3.8, 4) is 5.75 Å². The predicted octanol–water partition coefficient (Wildman–Crippen LogP) is 2.59. The summed E-state index contributed by atoms with van der Waals surface area (Å²) in [6.07, 6.45) is 2.57. The lowest BCUT2D eigenvalue weighted by atomic mass is 10.1. The molecule has 0 spiro atoms. The molecule has 118 valence electrons. The van der Waals surface area contributed by atoms with Crippen molar-refractivity contribution in [3.63, 3.8) is 0 Å². The molecule has 0 saturated heterocycles. The van der Waals surface area contributed by atoms with Crippen LogP contribution in [0.5, 0.6) is 5.75 Å². The first-order valence-electron chi connectivity index (χ1n) is 7.50. The average molecular weight is 301 g/mol. The maximum Gasteiger partial charge on any atom is 0.191 e. The summed E-state index contributed by atoms with van der Waals surface area (Å²) in [6.45, 7) is 4.09. The van der Waals surface area contributed by atoms with E-state index in [9.17, 15) is 0 Å². The number of aliphatic imine (C=N–C) groups is 1. The summed E-state index contributed by atoms with van der Waals surface area (Å²) in [4.78, 5) is 4.19. The third-order valence-corrected chi connectivity index (χ3v) is 3.15. The highest BCUT2D eigenvalue weighted by molar-refractivity contribution is 5.79. The Morgan fingerprint density at radius 1 is 1.23 bits per heavy atom. The van der Waals surface area contributed by atoms with E-state index in [0.717, 1.165) is 30.4 Å². The summed E-state index contributed by atoms with van der Waals surface area (Å²) in [6, 6.07) is 12.0. The molecule has 0 aliphatic heterocycles. The maximum absolute atomic E-state index is 5.51. The number of hydrogen-bond donors (Lipinski definition) is 2. The lowest BCUT2D eigenvalue weighted by Crippen LogP contribution is -2.37. The van der Waals surface area contributed by atoms with Gasteiger partial charge in [-0.25, -0.2) is 0 Å². The fourth-order valence-corrected chi connectivity index (χ4v) is 2.09. The largest absolute Gasteiger partial charge is 0.494 e. The molecule has 5 heteroatoms. The van der Waals surface area contributed by atoms with E-state index >= 15 is 0 Å². The first-order valence-corrected chi connectivity index (χ1v) is 7.50. The Kier molecular flexibility index (Phi) is 6.36. The molecular formula is C17H23N3O2. The predicted molar refractivity (Wildman–Crippen MR) is 88.2 cm³/mol. The monoisotopic (exact) mass is 301 g/mol. The van der Waals surface area contributed by atoms with E-state index in [-0.39, 0.29) is 0 Å². The minimum Gasteiger partial charge on any atom is -0.494 e. The van der Waals surface area contributed by atoms with Gasteiger partial charge in [-0.3, -0.25) is 4.99 Å². The van der Waals surface area contributed by atoms with Crippen molar-refractivity contribution in [2.75, 3.05) is 20.2 Å². The van der Waals surface area contributed by atoms with Gasteiger partial charge in [-0.15, -0.1) is 0 Å². The van der Waals surface area contributed by atoms with Gasteiger partial charge >= 0.3 is 0 Å². The molecule has 0 aliphatic rings. The summed E-state index contributed by atoms with van der Waals surface area (Å²) in [5.74, 6) is 2.56. The van der Waals surface area contributed by atoms with Crippen LogP contribution in [0.4, 0.5) is 0 Å². The molecule has 2 N–H and O–H groups in total. The average Bonchev–Trinajstić information content (AvgIpc) is 3.05. The molecule has 5 nitrogen and oxygen atoms in total. The number of benzene rings is 1. The fourth-order valence-electron chi connectivity index (χ4n) is 2.09. The minimum absolute atomic E-state index is 0.618. The topological polar surface area (TPSA) is 58.8 Å². The van der Waals surface area contributed by atoms with Gasteiger partial charge in [-0.2, -0.15) is 0 Å². The van der Waals surface area contributed by atoms with E-state index < -0.39 is 0 Å². The van der Waals surface area contributed by atoms with E-state index in [0.29, 0.717) is 13.2 Å². The van der Waals surface area contributed by atoms with Crippen LogP contribution >= 0.6 is 0 Å². The molecule has 22 heavy (non-hydrogen) atoms. The molecular weight excluding hydrogens is 278 g/mol. The van der Waals surface area contributed by atoms with Crippen LogP contribution < -0.4 is 15.4 Å². The van der Waals surface area contributed by atoms with Crippen molar-refractivity contribution in [1.29, 1.82) is 0 Å². The van der Waals surface area contributed by atoms with E-state index in [1.807, 2.05) is 31.2 Å². The van der Waals surface area contributed by atoms with Crippen molar-refractivity contribution >= 4 is 5.96 Å². The van der Waals surface area contributed by atoms with Crippen molar-refractivity contribution in [2.24, 2.45) is 4.99 Å². The standard InChI is InChI=1S/C17H23N3O2/c1-3-21-15-7-4-6-14(12-15)9-10-19-17(18-2)20-13-16-8-5-11-22-16/h4-8,11-12H,3,9-10,13H2,1-2H3,(H2,18,19,20). The van der Waals surface area contributed by atoms with E-state index in [4.69, 9.17) is 9.15 Å². The van der Waals surface area contributed by atoms with Gasteiger partial charge in [0.05, 0.1) is 19.4 Å². The molecule has 0 atom stereocenters. The minimum atomic E-state index is 0.618. The Bertz CT molecular complexity index is 579. The number of hydrogen-bond acceptors (Lipinski definition) is 3. The van der Waals surface area contributed by atoms with Gasteiger partial charge in [-0.05, 0) is 43.2 Å². The molecule has 2 rings (SSSR count). The first kappa shape index (κ1) is 15.9. The van der Waals surface area contributed by atoms with Crippen LogP contribution in [0.1, 0.15) is 18.2 Å². The Morgan fingerprint density at radius 2 is 2.14 bits per heavy atom. The zero-order chi connectivity index (χ0) is 15.6. The van der Waals surface area contributed by atoms with Crippen molar-refractivity contribution in [3.05, 3.63) is 54.0 Å². The number of furan rings is 1. The molecule has 0 fully saturated rings. The van der Waals surface area contributed by atoms with Crippen LogP contribution in [0.2, 0.25) is 0 Å². The van der Waals surface area contributed by atoms with Gasteiger partial charge in [0.25, 0.3) is 0 Å². The lowest BCUT2D eigenvalue weighted by molar-refractivity contribution is 0.340. The summed E-state index contributed by atoms with van der Waals surface area (Å²) >= 11 is 0. The van der Waals surface area contributed by atoms with Crippen molar-refractivity contribution in [2.45, 2.75) is 19.9 Å². The first-order chi connectivity index (χ1) is 10.8. The Labute approximate surface area is 131 Å². The maximum atomic E-state index is 5.51. The zero-order valence-corrected chi connectivity index (χ0v) is 13.1. The van der Waals surface area contributed by atoms with Crippen LogP contribution in [0.25, 0.3) is 0 Å². The number of rotatable bonds is 7. The molecule has 0 aliphatic carbocycles. The molecule has 1 aromatic heterocycles. The zero-order valence-electron chi connectivity index (χ0n) is 13.1. The van der Waals surface area contributed by atoms with Gasteiger partial charge in [0, 0.05) is 13.6 Å². The number of ether oxygens (including phenoxy) is 1. The van der Waals surface area contributed by atoms with Crippen LogP contribution in [0, 0.1) is 0 Å². The Morgan fingerprint density at radius 3 is 2.86 bits per heavy atom. The highest BCUT2D eigenvalue weighted by Crippen LogP contribution is 2.13. The van der Waals surface area contributed by atoms with E-state index in [1.165, 1.54) is 5.56 Å². The van der Waals surface area contributed by atoms with Gasteiger partial charge in [0.2, 0.25) is 0 Å². The smallest absolute Gasteiger partial charge is 0.191 e. The summed E-state index contributed by atoms with van der Waals surface area (Å²) in [5.41, 5.74) is 1.24. The van der Waals surface area contributed by atoms with Crippen LogP contribution in [-0.2, 0) is 13.0 Å². The molecule has 0 unspecified atom stereocenters. The second-order valence-corrected chi connectivity index (χ2v) is 4.76. The van der Waals surface area contributed by atoms with Gasteiger partial charge in [0.15, 0.2) is 5.96 Å². The van der Waals surface area contributed by atoms with Crippen molar-refractivity contribution < 1.29 is 9.15 Å². The number of nitrogens with zero attached hydrogens (tertiary/aromatic N) is 1. The van der Waals surface area contributed by atoms with Gasteiger partial charge in [-0.1, -0.05) is 12.1 Å². The number of nitrogens with one attached hydrogen (secondary N) is 2. The molecule has 0 amide bonds. The third kappa shape index (κ3) is 5.16. The molecule has 1 heterocycles. The lowest BCUT2D eigenvalue weighted by Gasteiger charge is -2.11. The second kappa shape index (κ2) is 8.77.